The molecule has 0 saturated heterocycles. The molecule has 2 nitrogen and oxygen atoms in total. The van der Waals surface area contributed by atoms with Crippen molar-refractivity contribution < 1.29 is 9.47 Å². The number of benzene rings is 2. The van der Waals surface area contributed by atoms with Crippen molar-refractivity contribution in [2.45, 2.75) is 19.6 Å². The van der Waals surface area contributed by atoms with Crippen LogP contribution in [0.4, 0.5) is 0 Å². The minimum atomic E-state index is -0.537. The quantitative estimate of drug-likeness (QED) is 0.169. The Kier molecular flexibility index (Phi) is 10.7. The maximum atomic E-state index is 6.18. The van der Waals surface area contributed by atoms with Gasteiger partial charge in [-0.05, 0) is 159 Å². The van der Waals surface area contributed by atoms with E-state index in [1.165, 1.54) is 0 Å². The first kappa shape index (κ1) is 26.1. The number of rotatable bonds is 5. The van der Waals surface area contributed by atoms with Gasteiger partial charge in [-0.15, -0.1) is 0 Å². The van der Waals surface area contributed by atoms with E-state index in [2.05, 4.69) is 159 Å². The number of hydrogen-bond donors (Lipinski definition) is 0. The molecule has 148 valence electrons. The van der Waals surface area contributed by atoms with Gasteiger partial charge in [-0.25, -0.2) is 0 Å². The fraction of sp³-hybridized carbons (Fsp3) is 0.200. The lowest BCUT2D eigenvalue weighted by atomic mass is 10.3. The third kappa shape index (κ3) is 5.61. The predicted octanol–water partition coefficient (Wildman–Crippen LogP) is 11.5. The van der Waals surface area contributed by atoms with Gasteiger partial charge in [0.1, 0.15) is 0 Å². The lowest BCUT2D eigenvalue weighted by molar-refractivity contribution is 0.000770. The zero-order chi connectivity index (χ0) is 20.6. The molecule has 0 aliphatic rings. The third-order valence-electron chi connectivity index (χ3n) is 3.17. The summed E-state index contributed by atoms with van der Waals surface area (Å²) in [7, 11) is 0. The minimum Gasteiger partial charge on any atom is -0.452 e. The Hall–Kier alpha value is 2.84. The third-order valence-corrected chi connectivity index (χ3v) is 15.2. The molecule has 0 aliphatic heterocycles. The first-order valence-corrected chi connectivity index (χ1v) is 14.8. The van der Waals surface area contributed by atoms with Crippen LogP contribution in [0.3, 0.4) is 0 Å². The summed E-state index contributed by atoms with van der Waals surface area (Å²) in [6, 6.07) is 0. The lowest BCUT2D eigenvalue weighted by Gasteiger charge is -2.24. The Morgan fingerprint density at radius 1 is 0.481 bits per heavy atom. The van der Waals surface area contributed by atoms with Crippen LogP contribution >= 0.6 is 159 Å². The fourth-order valence-corrected chi connectivity index (χ4v) is 8.22. The maximum Gasteiger partial charge on any atom is 0.241 e. The van der Waals surface area contributed by atoms with Crippen molar-refractivity contribution >= 4 is 159 Å². The average molecular weight is 1020 g/mol. The van der Waals surface area contributed by atoms with E-state index in [1.54, 1.807) is 0 Å². The monoisotopic (exact) mass is 1010 g/mol. The second-order valence-electron chi connectivity index (χ2n) is 4.87. The Labute approximate surface area is 240 Å². The molecule has 0 aliphatic carbocycles. The molecule has 0 saturated carbocycles. The van der Waals surface area contributed by atoms with Crippen molar-refractivity contribution in [3.05, 3.63) is 44.7 Å². The van der Waals surface area contributed by atoms with Gasteiger partial charge in [0.25, 0.3) is 0 Å². The Bertz CT molecular complexity index is 770. The second-order valence-corrected chi connectivity index (χ2v) is 12.8. The molecule has 2 aromatic rings. The first-order chi connectivity index (χ1) is 12.5. The summed E-state index contributed by atoms with van der Waals surface area (Å²) in [5.74, 6) is 1.23. The molecule has 0 atom stereocenters. The number of ether oxygens (including phenoxy) is 2. The van der Waals surface area contributed by atoms with Gasteiger partial charge in [0, 0.05) is 15.4 Å². The Morgan fingerprint density at radius 3 is 0.926 bits per heavy atom. The van der Waals surface area contributed by atoms with Gasteiger partial charge in [0.05, 0.1) is 35.8 Å². The number of halogens is 10. The van der Waals surface area contributed by atoms with Crippen LogP contribution in [0.15, 0.2) is 44.7 Å². The lowest BCUT2D eigenvalue weighted by Crippen LogP contribution is -2.24. The predicted molar refractivity (Wildman–Crippen MR) is 145 cm³/mol. The van der Waals surface area contributed by atoms with Gasteiger partial charge in [-0.2, -0.15) is 0 Å². The van der Waals surface area contributed by atoms with Crippen LogP contribution in [0.1, 0.15) is 13.3 Å². The molecule has 0 bridgehead atoms. The first-order valence-electron chi connectivity index (χ1n) is 6.88. The molecule has 0 fully saturated rings. The highest BCUT2D eigenvalue weighted by molar-refractivity contribution is 9.16. The van der Waals surface area contributed by atoms with Gasteiger partial charge in [-0.3, -0.25) is 0 Å². The highest BCUT2D eigenvalue weighted by Gasteiger charge is 2.25. The summed E-state index contributed by atoms with van der Waals surface area (Å²) in [5, 5.41) is 0. The van der Waals surface area contributed by atoms with Crippen molar-refractivity contribution in [3.8, 4) is 11.5 Å². The second kappa shape index (κ2) is 11.1. The smallest absolute Gasteiger partial charge is 0.241 e. The van der Waals surface area contributed by atoms with Crippen LogP contribution in [-0.4, -0.2) is 6.29 Å². The molecular formula is C15H6Br10O2. The standard InChI is InChI=1S/C15H6Br10O2/c1-2-3(26-14-10(22)6(18)4(16)7(19)11(14)23)27-15-12(24)8(20)5(17)9(21)13(15)25/h3H,2H2,1H3. The maximum absolute atomic E-state index is 6.18. The Morgan fingerprint density at radius 2 is 0.704 bits per heavy atom. The van der Waals surface area contributed by atoms with Crippen molar-refractivity contribution in [2.24, 2.45) is 0 Å². The summed E-state index contributed by atoms with van der Waals surface area (Å²) >= 11 is 35.5. The van der Waals surface area contributed by atoms with E-state index < -0.39 is 6.29 Å². The molecule has 0 spiro atoms. The zero-order valence-electron chi connectivity index (χ0n) is 12.9. The molecular weight excluding hydrogens is 1010 g/mol. The zero-order valence-corrected chi connectivity index (χ0v) is 28.7. The molecule has 0 amide bonds. The van der Waals surface area contributed by atoms with Gasteiger partial charge in [0.15, 0.2) is 11.5 Å². The van der Waals surface area contributed by atoms with E-state index in [-0.39, 0.29) is 0 Å². The van der Waals surface area contributed by atoms with E-state index in [0.29, 0.717) is 17.9 Å². The Balaban J connectivity index is 2.45. The highest BCUT2D eigenvalue weighted by atomic mass is 79.9. The van der Waals surface area contributed by atoms with Crippen LogP contribution in [0.5, 0.6) is 11.5 Å². The molecule has 0 radical (unpaired) electrons. The van der Waals surface area contributed by atoms with Crippen LogP contribution in [0.2, 0.25) is 0 Å². The highest BCUT2D eigenvalue weighted by Crippen LogP contribution is 2.51. The molecule has 2 rings (SSSR count). The fourth-order valence-electron chi connectivity index (χ4n) is 1.83. The summed E-state index contributed by atoms with van der Waals surface area (Å²) in [4.78, 5) is 0. The molecule has 27 heavy (non-hydrogen) atoms. The summed E-state index contributed by atoms with van der Waals surface area (Å²) < 4.78 is 20.5. The normalized spacial score (nSPS) is 11.3. The van der Waals surface area contributed by atoms with Crippen LogP contribution in [-0.2, 0) is 0 Å². The summed E-state index contributed by atoms with van der Waals surface area (Å²) in [6.45, 7) is 1.99. The van der Waals surface area contributed by atoms with Crippen molar-refractivity contribution in [2.75, 3.05) is 0 Å². The molecule has 0 N–H and O–H groups in total. The van der Waals surface area contributed by atoms with Crippen LogP contribution in [0.25, 0.3) is 0 Å². The molecule has 0 aromatic heterocycles. The van der Waals surface area contributed by atoms with E-state index in [0.717, 1.165) is 44.7 Å². The average Bonchev–Trinajstić information content (AvgIpc) is 2.66. The molecule has 0 unspecified atom stereocenters. The van der Waals surface area contributed by atoms with E-state index in [9.17, 15) is 0 Å². The molecule has 12 heteroatoms. The van der Waals surface area contributed by atoms with Gasteiger partial charge >= 0.3 is 0 Å². The van der Waals surface area contributed by atoms with E-state index in [4.69, 9.17) is 9.47 Å². The molecule has 2 aromatic carbocycles. The SMILES string of the molecule is CCC(Oc1c(Br)c(Br)c(Br)c(Br)c1Br)Oc1c(Br)c(Br)c(Br)c(Br)c1Br. The van der Waals surface area contributed by atoms with E-state index in [1.807, 2.05) is 6.92 Å². The largest absolute Gasteiger partial charge is 0.452 e. The van der Waals surface area contributed by atoms with Crippen LogP contribution in [0, 0.1) is 0 Å². The van der Waals surface area contributed by atoms with Gasteiger partial charge < -0.3 is 9.47 Å². The summed E-state index contributed by atoms with van der Waals surface area (Å²) in [6.07, 6.45) is 0.0825. The van der Waals surface area contributed by atoms with Gasteiger partial charge in [0.2, 0.25) is 6.29 Å². The van der Waals surface area contributed by atoms with E-state index >= 15 is 0 Å². The molecule has 0 heterocycles. The van der Waals surface area contributed by atoms with Crippen LogP contribution < -0.4 is 9.47 Å². The van der Waals surface area contributed by atoms with Crippen molar-refractivity contribution in [1.82, 2.24) is 0 Å². The van der Waals surface area contributed by atoms with Crippen molar-refractivity contribution in [3.63, 3.8) is 0 Å². The minimum absolute atomic E-state index is 0.537. The number of hydrogen-bond acceptors (Lipinski definition) is 2. The summed E-state index contributed by atoms with van der Waals surface area (Å²) in [5.41, 5.74) is 0. The van der Waals surface area contributed by atoms with Crippen molar-refractivity contribution in [1.29, 1.82) is 0 Å². The topological polar surface area (TPSA) is 18.5 Å². The van der Waals surface area contributed by atoms with Gasteiger partial charge in [-0.1, -0.05) is 6.92 Å².